The lowest BCUT2D eigenvalue weighted by atomic mass is 9.63. The quantitative estimate of drug-likeness (QED) is 0.613. The predicted octanol–water partition coefficient (Wildman–Crippen LogP) is 3.91. The molecule has 4 heteroatoms. The van der Waals surface area contributed by atoms with Gasteiger partial charge in [-0.3, -0.25) is 14.5 Å². The number of carbonyl (C=O) groups excluding carboxylic acids is 2. The van der Waals surface area contributed by atoms with Crippen molar-refractivity contribution in [2.75, 3.05) is 4.90 Å². The fraction of sp³-hybridized carbons (Fsp3) is 0.385. The number of aliphatic hydroxyl groups is 1. The van der Waals surface area contributed by atoms with Gasteiger partial charge in [0.15, 0.2) is 0 Å². The highest BCUT2D eigenvalue weighted by Gasteiger charge is 2.67. The second-order valence-corrected chi connectivity index (χ2v) is 9.30. The van der Waals surface area contributed by atoms with Crippen LogP contribution in [0.15, 0.2) is 66.7 Å². The van der Waals surface area contributed by atoms with Crippen LogP contribution in [-0.2, 0) is 16.0 Å². The highest BCUT2D eigenvalue weighted by atomic mass is 16.3. The van der Waals surface area contributed by atoms with Crippen LogP contribution >= 0.6 is 0 Å². The van der Waals surface area contributed by atoms with Gasteiger partial charge >= 0.3 is 0 Å². The molecule has 0 spiro atoms. The molecule has 1 saturated heterocycles. The number of rotatable bonds is 5. The molecule has 0 radical (unpaired) electrons. The number of hydrogen-bond donors (Lipinski definition) is 1. The minimum Gasteiger partial charge on any atom is -0.388 e. The Morgan fingerprint density at radius 3 is 2.07 bits per heavy atom. The molecule has 1 N–H and O–H groups in total. The molecule has 2 saturated carbocycles. The van der Waals surface area contributed by atoms with E-state index in [4.69, 9.17) is 0 Å². The first-order valence-corrected chi connectivity index (χ1v) is 11.0. The largest absolute Gasteiger partial charge is 0.388 e. The van der Waals surface area contributed by atoms with Crippen LogP contribution in [0.4, 0.5) is 5.69 Å². The molecule has 2 amide bonds. The van der Waals surface area contributed by atoms with Crippen LogP contribution in [0.1, 0.15) is 30.1 Å². The van der Waals surface area contributed by atoms with Gasteiger partial charge in [-0.2, -0.15) is 0 Å². The van der Waals surface area contributed by atoms with Crippen molar-refractivity contribution < 1.29 is 14.7 Å². The van der Waals surface area contributed by atoms with E-state index in [-0.39, 0.29) is 35.5 Å². The van der Waals surface area contributed by atoms with Crippen LogP contribution in [0.2, 0.25) is 0 Å². The highest BCUT2D eigenvalue weighted by molar-refractivity contribution is 6.22. The summed E-state index contributed by atoms with van der Waals surface area (Å²) >= 11 is 0. The van der Waals surface area contributed by atoms with Crippen LogP contribution < -0.4 is 4.90 Å². The Kier molecular flexibility index (Phi) is 4.00. The Morgan fingerprint density at radius 1 is 0.867 bits per heavy atom. The van der Waals surface area contributed by atoms with Gasteiger partial charge in [-0.1, -0.05) is 54.6 Å². The van der Waals surface area contributed by atoms with E-state index in [1.165, 1.54) is 16.9 Å². The molecule has 30 heavy (non-hydrogen) atoms. The highest BCUT2D eigenvalue weighted by Crippen LogP contribution is 2.65. The maximum absolute atomic E-state index is 13.2. The molecule has 4 aliphatic carbocycles. The molecule has 2 aromatic carbocycles. The van der Waals surface area contributed by atoms with Crippen LogP contribution in [-0.4, -0.2) is 16.9 Å². The molecular formula is C26H25NO3. The van der Waals surface area contributed by atoms with Gasteiger partial charge in [-0.15, -0.1) is 0 Å². The van der Waals surface area contributed by atoms with Crippen molar-refractivity contribution in [3.8, 4) is 0 Å². The van der Waals surface area contributed by atoms with Crippen LogP contribution in [0.25, 0.3) is 0 Å². The molecule has 2 bridgehead atoms. The van der Waals surface area contributed by atoms with Crippen LogP contribution in [0, 0.1) is 35.5 Å². The number of aryl methyl sites for hydroxylation is 1. The van der Waals surface area contributed by atoms with Crippen molar-refractivity contribution in [2.45, 2.75) is 25.4 Å². The third-order valence-electron chi connectivity index (χ3n) is 7.75. The summed E-state index contributed by atoms with van der Waals surface area (Å²) in [6.07, 6.45) is 6.42. The minimum atomic E-state index is -0.570. The van der Waals surface area contributed by atoms with Crippen molar-refractivity contribution in [3.05, 3.63) is 77.9 Å². The number of anilines is 1. The lowest BCUT2D eigenvalue weighted by molar-refractivity contribution is -0.124. The van der Waals surface area contributed by atoms with Gasteiger partial charge in [-0.05, 0) is 66.2 Å². The molecule has 2 aromatic rings. The molecule has 3 fully saturated rings. The molecule has 1 heterocycles. The number of carbonyl (C=O) groups is 2. The smallest absolute Gasteiger partial charge is 0.238 e. The average molecular weight is 399 g/mol. The van der Waals surface area contributed by atoms with Crippen molar-refractivity contribution >= 4 is 17.5 Å². The molecule has 152 valence electrons. The van der Waals surface area contributed by atoms with Crippen molar-refractivity contribution in [1.82, 2.24) is 0 Å². The van der Waals surface area contributed by atoms with Crippen molar-refractivity contribution in [3.63, 3.8) is 0 Å². The normalized spacial score (nSPS) is 34.1. The van der Waals surface area contributed by atoms with E-state index in [1.54, 1.807) is 0 Å². The van der Waals surface area contributed by atoms with E-state index in [9.17, 15) is 14.7 Å². The van der Waals surface area contributed by atoms with E-state index in [1.807, 2.05) is 42.5 Å². The third-order valence-corrected chi connectivity index (χ3v) is 7.75. The number of hydrogen-bond acceptors (Lipinski definition) is 3. The topological polar surface area (TPSA) is 57.6 Å². The van der Waals surface area contributed by atoms with Crippen LogP contribution in [0.3, 0.4) is 0 Å². The Balaban J connectivity index is 1.18. The minimum absolute atomic E-state index is 0.0351. The van der Waals surface area contributed by atoms with Gasteiger partial charge in [0.1, 0.15) is 0 Å². The molecule has 5 aliphatic rings. The Labute approximate surface area is 176 Å². The third kappa shape index (κ3) is 2.63. The van der Waals surface area contributed by atoms with Crippen LogP contribution in [0.5, 0.6) is 0 Å². The summed E-state index contributed by atoms with van der Waals surface area (Å²) < 4.78 is 0. The number of allylic oxidation sites excluding steroid dienone is 2. The van der Waals surface area contributed by atoms with Gasteiger partial charge in [0, 0.05) is 0 Å². The number of amides is 2. The zero-order valence-electron chi connectivity index (χ0n) is 16.7. The SMILES string of the molecule is O=C1[C@@H]2[C@@H]3C=C[C@@H]([C@H]4C[C@@H]34)[C@@H]2C(=O)N1c1ccc(C(O)CCc2ccccc2)cc1. The maximum atomic E-state index is 13.2. The van der Waals surface area contributed by atoms with Gasteiger partial charge < -0.3 is 5.11 Å². The monoisotopic (exact) mass is 399 g/mol. The number of aliphatic hydroxyl groups excluding tert-OH is 1. The summed E-state index contributed by atoms with van der Waals surface area (Å²) in [5.41, 5.74) is 2.64. The van der Waals surface area contributed by atoms with E-state index in [0.29, 0.717) is 23.9 Å². The fourth-order valence-corrected chi connectivity index (χ4v) is 6.17. The summed E-state index contributed by atoms with van der Waals surface area (Å²) in [7, 11) is 0. The number of imide groups is 1. The summed E-state index contributed by atoms with van der Waals surface area (Å²) in [5, 5.41) is 10.6. The first-order valence-electron chi connectivity index (χ1n) is 11.0. The van der Waals surface area contributed by atoms with E-state index >= 15 is 0 Å². The van der Waals surface area contributed by atoms with Gasteiger partial charge in [0.05, 0.1) is 23.6 Å². The predicted molar refractivity (Wildman–Crippen MR) is 113 cm³/mol. The second-order valence-electron chi connectivity index (χ2n) is 9.30. The first-order chi connectivity index (χ1) is 14.6. The zero-order valence-corrected chi connectivity index (χ0v) is 16.7. The van der Waals surface area contributed by atoms with Gasteiger partial charge in [-0.25, -0.2) is 0 Å². The summed E-state index contributed by atoms with van der Waals surface area (Å²) in [6.45, 7) is 0. The van der Waals surface area contributed by atoms with Crippen molar-refractivity contribution in [1.29, 1.82) is 0 Å². The average Bonchev–Trinajstić information content (AvgIpc) is 3.56. The molecule has 1 unspecified atom stereocenters. The Hall–Kier alpha value is -2.72. The lowest BCUT2D eigenvalue weighted by Crippen LogP contribution is -2.40. The first kappa shape index (κ1) is 18.1. The standard InChI is InChI=1S/C26H25NO3/c28-22(13-6-15-4-2-1-3-5-15)16-7-9-17(10-8-16)27-25(29)23-18-11-12-19(21-14-20(18)21)24(23)26(27)30/h1-5,7-12,18-24,28H,6,13-14H2/t18-,19+,20+,21-,22?,23-,24+. The summed E-state index contributed by atoms with van der Waals surface area (Å²) in [5.74, 6) is 1.29. The molecule has 1 aliphatic heterocycles. The van der Waals surface area contributed by atoms with Gasteiger partial charge in [0.2, 0.25) is 11.8 Å². The zero-order chi connectivity index (χ0) is 20.4. The van der Waals surface area contributed by atoms with E-state index < -0.39 is 6.10 Å². The molecule has 4 nitrogen and oxygen atoms in total. The van der Waals surface area contributed by atoms with E-state index in [2.05, 4.69) is 24.3 Å². The summed E-state index contributed by atoms with van der Waals surface area (Å²) in [6, 6.07) is 17.4. The Bertz CT molecular complexity index is 992. The van der Waals surface area contributed by atoms with Gasteiger partial charge in [0.25, 0.3) is 0 Å². The second kappa shape index (κ2) is 6.64. The fourth-order valence-electron chi connectivity index (χ4n) is 6.17. The summed E-state index contributed by atoms with van der Waals surface area (Å²) in [4.78, 5) is 27.8. The Morgan fingerprint density at radius 2 is 1.47 bits per heavy atom. The van der Waals surface area contributed by atoms with E-state index in [0.717, 1.165) is 12.0 Å². The lowest BCUT2D eigenvalue weighted by Gasteiger charge is -2.37. The number of nitrogens with zero attached hydrogens (tertiary/aromatic N) is 1. The molecule has 0 aromatic heterocycles. The maximum Gasteiger partial charge on any atom is 0.238 e. The van der Waals surface area contributed by atoms with Crippen molar-refractivity contribution in [2.24, 2.45) is 35.5 Å². The molecular weight excluding hydrogens is 374 g/mol. The molecule has 7 atom stereocenters. The molecule has 7 rings (SSSR count). The number of benzene rings is 2.